The number of nitrogen functional groups attached to an aromatic ring is 1. The van der Waals surface area contributed by atoms with E-state index in [0.717, 1.165) is 5.56 Å². The normalized spacial score (nSPS) is 12.9. The lowest BCUT2D eigenvalue weighted by atomic mass is 10.0. The number of aldehydes is 1. The van der Waals surface area contributed by atoms with E-state index in [1.807, 2.05) is 38.5 Å². The van der Waals surface area contributed by atoms with E-state index in [-0.39, 0.29) is 79.4 Å². The number of nitrogens with two attached hydrogens (primary N) is 2. The molecule has 0 spiro atoms. The number of hydrogen-bond acceptors (Lipinski definition) is 18. The molecular formula is C45H57N7O10S4. The summed E-state index contributed by atoms with van der Waals surface area (Å²) in [5.74, 6) is 4.31. The summed E-state index contributed by atoms with van der Waals surface area (Å²) in [6, 6.07) is 12.2. The molecule has 0 aliphatic heterocycles. The fourth-order valence-corrected chi connectivity index (χ4v) is 10.1. The third-order valence-electron chi connectivity index (χ3n) is 9.66. The number of esters is 2. The Morgan fingerprint density at radius 1 is 0.909 bits per heavy atom. The molecule has 0 fully saturated rings. The van der Waals surface area contributed by atoms with Crippen molar-refractivity contribution in [3.05, 3.63) is 82.8 Å². The zero-order chi connectivity index (χ0) is 47.8. The molecule has 7 N–H and O–H groups in total. The van der Waals surface area contributed by atoms with Crippen LogP contribution in [-0.2, 0) is 33.3 Å². The van der Waals surface area contributed by atoms with Crippen LogP contribution in [-0.4, -0.2) is 114 Å². The van der Waals surface area contributed by atoms with Crippen molar-refractivity contribution in [3.8, 4) is 11.8 Å². The molecule has 2 aromatic heterocycles. The van der Waals surface area contributed by atoms with Crippen molar-refractivity contribution in [1.29, 1.82) is 0 Å². The SMILES string of the molecule is CSSC(C)c1cc(NC(=O)COCCOCCN)ccc1C(=O)OCCCCC(=O)NCC#Cc1cn([C@H](O)C[C@H](CC=O)OC(=O)c2ccccc2C(C)SSC)c2ncnc(N)c12. The number of hydrogen-bond donors (Lipinski definition) is 5. The molecule has 0 radical (unpaired) electrons. The number of rotatable bonds is 28. The molecule has 2 aromatic carbocycles. The minimum absolute atomic E-state index is 0.00618. The lowest BCUT2D eigenvalue weighted by Crippen LogP contribution is -2.24. The van der Waals surface area contributed by atoms with Gasteiger partial charge in [-0.3, -0.25) is 9.59 Å². The molecule has 0 aliphatic carbocycles. The van der Waals surface area contributed by atoms with Gasteiger partial charge < -0.3 is 55.5 Å². The highest BCUT2D eigenvalue weighted by Gasteiger charge is 2.26. The molecule has 356 valence electrons. The highest BCUT2D eigenvalue weighted by atomic mass is 33.1. The highest BCUT2D eigenvalue weighted by molar-refractivity contribution is 8.76. The first-order valence-corrected chi connectivity index (χ1v) is 26.3. The van der Waals surface area contributed by atoms with E-state index in [1.165, 1.54) is 10.9 Å². The number of unbranched alkanes of at least 4 members (excludes halogenated alkanes) is 1. The lowest BCUT2D eigenvalue weighted by molar-refractivity contribution is -0.121. The van der Waals surface area contributed by atoms with Crippen molar-refractivity contribution in [1.82, 2.24) is 19.9 Å². The number of anilines is 2. The number of aromatic nitrogens is 3. The highest BCUT2D eigenvalue weighted by Crippen LogP contribution is 2.39. The van der Waals surface area contributed by atoms with Crippen LogP contribution in [0.15, 0.2) is 55.0 Å². The first-order valence-electron chi connectivity index (χ1n) is 21.1. The fraction of sp³-hybridized carbons (Fsp3) is 0.444. The predicted octanol–water partition coefficient (Wildman–Crippen LogP) is 6.28. The Balaban J connectivity index is 1.28. The molecule has 4 aromatic rings. The number of aliphatic hydroxyl groups excluding tert-OH is 1. The van der Waals surface area contributed by atoms with Gasteiger partial charge in [0, 0.05) is 48.2 Å². The number of aliphatic hydroxyl groups is 1. The van der Waals surface area contributed by atoms with Crippen LogP contribution < -0.4 is 22.1 Å². The molecule has 66 heavy (non-hydrogen) atoms. The summed E-state index contributed by atoms with van der Waals surface area (Å²) >= 11 is 0. The Hall–Kier alpha value is -4.79. The van der Waals surface area contributed by atoms with Gasteiger partial charge in [0.05, 0.1) is 55.0 Å². The number of ether oxygens (including phenoxy) is 4. The first-order chi connectivity index (χ1) is 31.9. The average Bonchev–Trinajstić information content (AvgIpc) is 3.68. The second-order valence-electron chi connectivity index (χ2n) is 14.4. The Kier molecular flexibility index (Phi) is 23.7. The maximum atomic E-state index is 13.4. The summed E-state index contributed by atoms with van der Waals surface area (Å²) in [7, 11) is 6.31. The maximum Gasteiger partial charge on any atom is 0.338 e. The number of benzene rings is 2. The van der Waals surface area contributed by atoms with Gasteiger partial charge >= 0.3 is 11.9 Å². The second kappa shape index (κ2) is 29.1. The largest absolute Gasteiger partial charge is 0.462 e. The summed E-state index contributed by atoms with van der Waals surface area (Å²) in [6.45, 7) is 5.32. The number of carbonyl (C=O) groups excluding carboxylic acids is 5. The Morgan fingerprint density at radius 3 is 2.38 bits per heavy atom. The van der Waals surface area contributed by atoms with Crippen LogP contribution in [0, 0.1) is 11.8 Å². The molecule has 4 rings (SSSR count). The van der Waals surface area contributed by atoms with E-state index in [4.69, 9.17) is 30.4 Å². The van der Waals surface area contributed by atoms with E-state index in [0.29, 0.717) is 72.2 Å². The topological polar surface area (TPSA) is 249 Å². The lowest BCUT2D eigenvalue weighted by Gasteiger charge is -2.22. The van der Waals surface area contributed by atoms with Crippen molar-refractivity contribution in [2.75, 3.05) is 69.7 Å². The Morgan fingerprint density at radius 2 is 1.64 bits per heavy atom. The molecule has 2 amide bonds. The third-order valence-corrected chi connectivity index (χ3v) is 14.0. The second-order valence-corrected chi connectivity index (χ2v) is 20.0. The van der Waals surface area contributed by atoms with Gasteiger partial charge in [0.15, 0.2) is 0 Å². The average molecular weight is 984 g/mol. The van der Waals surface area contributed by atoms with Gasteiger partial charge in [-0.15, -0.1) is 0 Å². The zero-order valence-electron chi connectivity index (χ0n) is 37.3. The van der Waals surface area contributed by atoms with Gasteiger partial charge in [0.25, 0.3) is 0 Å². The standard InChI is InChI=1S/C45H57N7O10S4/c1-29(65-63-3)34-11-5-6-12-35(34)45(58)62-33(16-19-53)25-40(56)52-26-31(41-42(47)49-28-50-43(41)52)10-9-18-48-38(54)13-7-8-20-61-44(57)36-15-14-32(24-37(36)30(2)66-64-4)51-39(55)27-60-23-22-59-21-17-46/h5-6,11-12,14-15,19,24,26,28-30,33,40,56H,7-8,13,16-18,20-23,25,27,46H2,1-4H3,(H,48,54)(H,51,55)(H2,47,49,50)/t29?,30?,33-,40+/m0/s1. The van der Waals surface area contributed by atoms with Crippen LogP contribution in [0.4, 0.5) is 11.5 Å². The number of nitrogens with one attached hydrogen (secondary N) is 2. The zero-order valence-corrected chi connectivity index (χ0v) is 40.6. The smallest absolute Gasteiger partial charge is 0.338 e. The quantitative estimate of drug-likeness (QED) is 0.0138. The van der Waals surface area contributed by atoms with Gasteiger partial charge in [-0.25, -0.2) is 19.6 Å². The molecule has 0 aliphatic rings. The molecular weight excluding hydrogens is 927 g/mol. The van der Waals surface area contributed by atoms with Gasteiger partial charge in [0.1, 0.15) is 43.0 Å². The van der Waals surface area contributed by atoms with Crippen LogP contribution >= 0.6 is 43.2 Å². The van der Waals surface area contributed by atoms with Crippen molar-refractivity contribution in [2.45, 2.75) is 68.8 Å². The van der Waals surface area contributed by atoms with E-state index in [9.17, 15) is 29.1 Å². The van der Waals surface area contributed by atoms with E-state index in [2.05, 4.69) is 32.4 Å². The van der Waals surface area contributed by atoms with Gasteiger partial charge in [0.2, 0.25) is 11.8 Å². The van der Waals surface area contributed by atoms with Crippen LogP contribution in [0.25, 0.3) is 11.0 Å². The van der Waals surface area contributed by atoms with Crippen molar-refractivity contribution < 1.29 is 48.0 Å². The Bertz CT molecular complexity index is 2310. The van der Waals surface area contributed by atoms with Crippen molar-refractivity contribution in [3.63, 3.8) is 0 Å². The molecule has 2 unspecified atom stereocenters. The molecule has 0 saturated heterocycles. The fourth-order valence-electron chi connectivity index (χ4n) is 6.55. The number of nitrogens with zero attached hydrogens (tertiary/aromatic N) is 3. The summed E-state index contributed by atoms with van der Waals surface area (Å²) in [5, 5.41) is 17.3. The van der Waals surface area contributed by atoms with Gasteiger partial charge in [-0.05, 0) is 74.6 Å². The minimum atomic E-state index is -1.29. The summed E-state index contributed by atoms with van der Waals surface area (Å²) in [5.41, 5.74) is 15.1. The summed E-state index contributed by atoms with van der Waals surface area (Å²) in [4.78, 5) is 71.7. The van der Waals surface area contributed by atoms with Gasteiger partial charge in [-0.1, -0.05) is 73.2 Å². The van der Waals surface area contributed by atoms with Gasteiger partial charge in [-0.2, -0.15) is 0 Å². The van der Waals surface area contributed by atoms with Crippen LogP contribution in [0.1, 0.15) is 100 Å². The Labute approximate surface area is 400 Å². The molecule has 21 heteroatoms. The van der Waals surface area contributed by atoms with Crippen LogP contribution in [0.3, 0.4) is 0 Å². The molecule has 0 bridgehead atoms. The van der Waals surface area contributed by atoms with Crippen LogP contribution in [0.5, 0.6) is 0 Å². The van der Waals surface area contributed by atoms with Crippen LogP contribution in [0.2, 0.25) is 0 Å². The predicted molar refractivity (Wildman–Crippen MR) is 263 cm³/mol. The summed E-state index contributed by atoms with van der Waals surface area (Å²) < 4.78 is 23.4. The molecule has 0 saturated carbocycles. The third kappa shape index (κ3) is 16.8. The van der Waals surface area contributed by atoms with E-state index >= 15 is 0 Å². The molecule has 2 heterocycles. The van der Waals surface area contributed by atoms with Crippen molar-refractivity contribution >= 4 is 95.8 Å². The maximum absolute atomic E-state index is 13.4. The van der Waals surface area contributed by atoms with E-state index in [1.54, 1.807) is 79.7 Å². The number of amides is 2. The molecule has 17 nitrogen and oxygen atoms in total. The monoisotopic (exact) mass is 983 g/mol. The summed E-state index contributed by atoms with van der Waals surface area (Å²) in [6.07, 6.45) is 5.88. The number of carbonyl (C=O) groups is 5. The van der Waals surface area contributed by atoms with Crippen molar-refractivity contribution in [2.24, 2.45) is 5.73 Å². The van der Waals surface area contributed by atoms with E-state index < -0.39 is 24.3 Å². The first kappa shape index (κ1) is 53.8. The molecule has 4 atom stereocenters. The number of fused-ring (bicyclic) bond motifs is 1. The minimum Gasteiger partial charge on any atom is -0.462 e.